The molecule has 0 radical (unpaired) electrons. The number of hydrazine groups is 1. The first-order valence-electron chi connectivity index (χ1n) is 9.37. The molecule has 2 aliphatic heterocycles. The summed E-state index contributed by atoms with van der Waals surface area (Å²) in [6.45, 7) is 1.70. The minimum atomic E-state index is -0.243. The molecule has 2 fully saturated rings. The summed E-state index contributed by atoms with van der Waals surface area (Å²) in [4.78, 5) is 15.1. The molecule has 1 amide bonds. The molecule has 2 aliphatic rings. The summed E-state index contributed by atoms with van der Waals surface area (Å²) in [5, 5.41) is 0. The number of hydrogen-bond acceptors (Lipinski definition) is 3. The number of piperidine rings is 1. The van der Waals surface area contributed by atoms with E-state index in [-0.39, 0.29) is 17.8 Å². The Kier molecular flexibility index (Phi) is 5.00. The van der Waals surface area contributed by atoms with Crippen LogP contribution in [0.15, 0.2) is 48.5 Å². The summed E-state index contributed by atoms with van der Waals surface area (Å²) < 4.78 is 13.3. The molecule has 5 heteroatoms. The zero-order valence-electron chi connectivity index (χ0n) is 14.7. The molecular weight excluding hydrogens is 329 g/mol. The van der Waals surface area contributed by atoms with Gasteiger partial charge in [-0.05, 0) is 61.1 Å². The van der Waals surface area contributed by atoms with Crippen molar-refractivity contribution in [3.05, 3.63) is 71.0 Å². The first-order valence-corrected chi connectivity index (χ1v) is 9.37. The van der Waals surface area contributed by atoms with Crippen LogP contribution in [-0.4, -0.2) is 23.9 Å². The lowest BCUT2D eigenvalue weighted by molar-refractivity contribution is 0.0611. The van der Waals surface area contributed by atoms with Gasteiger partial charge in [-0.3, -0.25) is 15.6 Å². The van der Waals surface area contributed by atoms with Crippen molar-refractivity contribution in [2.45, 2.75) is 37.8 Å². The summed E-state index contributed by atoms with van der Waals surface area (Å²) in [6, 6.07) is 14.8. The largest absolute Gasteiger partial charge is 0.332 e. The summed E-state index contributed by atoms with van der Waals surface area (Å²) in [7, 11) is 0. The fourth-order valence-corrected chi connectivity index (χ4v) is 3.96. The highest BCUT2D eigenvalue weighted by atomic mass is 19.1. The number of benzene rings is 2. The number of amides is 1. The first-order chi connectivity index (χ1) is 12.7. The molecule has 4 rings (SSSR count). The number of nitrogens with zero attached hydrogens (tertiary/aromatic N) is 1. The predicted molar refractivity (Wildman–Crippen MR) is 99.0 cm³/mol. The van der Waals surface area contributed by atoms with Gasteiger partial charge in [-0.15, -0.1) is 0 Å². The van der Waals surface area contributed by atoms with Gasteiger partial charge in [-0.25, -0.2) is 4.39 Å². The molecule has 4 nitrogen and oxygen atoms in total. The van der Waals surface area contributed by atoms with Crippen molar-refractivity contribution in [1.29, 1.82) is 0 Å². The van der Waals surface area contributed by atoms with Crippen LogP contribution < -0.4 is 10.9 Å². The molecule has 26 heavy (non-hydrogen) atoms. The molecular formula is C21H24FN3O. The molecule has 2 unspecified atom stereocenters. The zero-order valence-corrected chi connectivity index (χ0v) is 14.7. The molecule has 0 aromatic heterocycles. The van der Waals surface area contributed by atoms with Gasteiger partial charge in [-0.1, -0.05) is 24.3 Å². The summed E-state index contributed by atoms with van der Waals surface area (Å²) >= 11 is 0. The fraction of sp³-hybridized carbons (Fsp3) is 0.381. The number of carbonyl (C=O) groups is 1. The Morgan fingerprint density at radius 3 is 2.38 bits per heavy atom. The molecule has 0 saturated carbocycles. The minimum Gasteiger partial charge on any atom is -0.332 e. The SMILES string of the molecule is O=C(c1ccc(C2CCNN2)cc1)N1CCCCC1c1ccc(F)cc1. The average Bonchev–Trinajstić information content (AvgIpc) is 3.23. The lowest BCUT2D eigenvalue weighted by Gasteiger charge is -2.36. The Bertz CT molecular complexity index is 754. The van der Waals surface area contributed by atoms with Crippen molar-refractivity contribution >= 4 is 5.91 Å². The third-order valence-corrected chi connectivity index (χ3v) is 5.41. The van der Waals surface area contributed by atoms with Crippen molar-refractivity contribution in [2.75, 3.05) is 13.1 Å². The van der Waals surface area contributed by atoms with Crippen LogP contribution in [-0.2, 0) is 0 Å². The first kappa shape index (κ1) is 17.2. The zero-order chi connectivity index (χ0) is 17.9. The quantitative estimate of drug-likeness (QED) is 0.884. The van der Waals surface area contributed by atoms with Crippen LogP contribution in [0.5, 0.6) is 0 Å². The maximum Gasteiger partial charge on any atom is 0.254 e. The third kappa shape index (κ3) is 3.50. The van der Waals surface area contributed by atoms with E-state index in [0.717, 1.165) is 44.3 Å². The molecule has 2 saturated heterocycles. The Balaban J connectivity index is 1.54. The van der Waals surface area contributed by atoms with Crippen molar-refractivity contribution in [2.24, 2.45) is 0 Å². The van der Waals surface area contributed by atoms with E-state index in [1.807, 2.05) is 29.2 Å². The summed E-state index contributed by atoms with van der Waals surface area (Å²) in [6.07, 6.45) is 4.07. The summed E-state index contributed by atoms with van der Waals surface area (Å²) in [5.41, 5.74) is 9.30. The predicted octanol–water partition coefficient (Wildman–Crippen LogP) is 3.73. The van der Waals surface area contributed by atoms with E-state index in [2.05, 4.69) is 10.9 Å². The van der Waals surface area contributed by atoms with E-state index in [0.29, 0.717) is 11.6 Å². The average molecular weight is 353 g/mol. The van der Waals surface area contributed by atoms with E-state index in [1.165, 1.54) is 17.7 Å². The third-order valence-electron chi connectivity index (χ3n) is 5.41. The maximum absolute atomic E-state index is 13.3. The Hall–Kier alpha value is -2.24. The van der Waals surface area contributed by atoms with Gasteiger partial charge in [0.15, 0.2) is 0 Å². The van der Waals surface area contributed by atoms with E-state index >= 15 is 0 Å². The van der Waals surface area contributed by atoms with Crippen LogP contribution in [0.2, 0.25) is 0 Å². The number of likely N-dealkylation sites (tertiary alicyclic amines) is 1. The highest BCUT2D eigenvalue weighted by Crippen LogP contribution is 2.32. The van der Waals surface area contributed by atoms with Crippen molar-refractivity contribution in [1.82, 2.24) is 15.8 Å². The topological polar surface area (TPSA) is 44.4 Å². The molecule has 0 bridgehead atoms. The van der Waals surface area contributed by atoms with Gasteiger partial charge in [0.2, 0.25) is 0 Å². The molecule has 2 aromatic carbocycles. The number of hydrogen-bond donors (Lipinski definition) is 2. The second-order valence-electron chi connectivity index (χ2n) is 7.10. The van der Waals surface area contributed by atoms with Gasteiger partial charge in [0.05, 0.1) is 6.04 Å². The molecule has 2 aromatic rings. The van der Waals surface area contributed by atoms with Crippen molar-refractivity contribution in [3.8, 4) is 0 Å². The molecule has 2 heterocycles. The lowest BCUT2D eigenvalue weighted by Crippen LogP contribution is -2.38. The van der Waals surface area contributed by atoms with Crippen LogP contribution in [0.3, 0.4) is 0 Å². The van der Waals surface area contributed by atoms with Gasteiger partial charge in [0, 0.05) is 24.7 Å². The monoisotopic (exact) mass is 353 g/mol. The molecule has 0 spiro atoms. The van der Waals surface area contributed by atoms with Crippen LogP contribution in [0.25, 0.3) is 0 Å². The van der Waals surface area contributed by atoms with Gasteiger partial charge < -0.3 is 4.90 Å². The number of carbonyl (C=O) groups excluding carboxylic acids is 1. The van der Waals surface area contributed by atoms with Gasteiger partial charge in [-0.2, -0.15) is 0 Å². The number of rotatable bonds is 3. The van der Waals surface area contributed by atoms with E-state index in [9.17, 15) is 9.18 Å². The van der Waals surface area contributed by atoms with Gasteiger partial charge >= 0.3 is 0 Å². The van der Waals surface area contributed by atoms with Crippen LogP contribution in [0.4, 0.5) is 4.39 Å². The highest BCUT2D eigenvalue weighted by molar-refractivity contribution is 5.94. The Morgan fingerprint density at radius 1 is 0.962 bits per heavy atom. The second kappa shape index (κ2) is 7.56. The minimum absolute atomic E-state index is 0.0252. The van der Waals surface area contributed by atoms with Crippen LogP contribution in [0, 0.1) is 5.82 Å². The number of nitrogens with one attached hydrogen (secondary N) is 2. The maximum atomic E-state index is 13.3. The second-order valence-corrected chi connectivity index (χ2v) is 7.10. The normalized spacial score (nSPS) is 23.2. The molecule has 2 N–H and O–H groups in total. The van der Waals surface area contributed by atoms with E-state index in [4.69, 9.17) is 0 Å². The van der Waals surface area contributed by atoms with Crippen LogP contribution in [0.1, 0.15) is 59.3 Å². The molecule has 2 atom stereocenters. The molecule has 0 aliphatic carbocycles. The summed E-state index contributed by atoms with van der Waals surface area (Å²) in [5.74, 6) is -0.184. The Labute approximate surface area is 153 Å². The smallest absolute Gasteiger partial charge is 0.254 e. The van der Waals surface area contributed by atoms with E-state index in [1.54, 1.807) is 12.1 Å². The lowest BCUT2D eigenvalue weighted by atomic mass is 9.94. The van der Waals surface area contributed by atoms with Crippen molar-refractivity contribution < 1.29 is 9.18 Å². The standard InChI is InChI=1S/C21H24FN3O/c22-18-10-8-16(9-11-18)20-3-1-2-14-25(20)21(26)17-6-4-15(5-7-17)19-12-13-23-24-19/h4-11,19-20,23-24H,1-3,12-14H2. The van der Waals surface area contributed by atoms with Crippen molar-refractivity contribution in [3.63, 3.8) is 0 Å². The van der Waals surface area contributed by atoms with Gasteiger partial charge in [0.25, 0.3) is 5.91 Å². The van der Waals surface area contributed by atoms with Crippen LogP contribution >= 0.6 is 0 Å². The number of halogens is 1. The Morgan fingerprint density at radius 2 is 1.69 bits per heavy atom. The molecule has 136 valence electrons. The van der Waals surface area contributed by atoms with Gasteiger partial charge in [0.1, 0.15) is 5.82 Å². The highest BCUT2D eigenvalue weighted by Gasteiger charge is 2.29. The fourth-order valence-electron chi connectivity index (χ4n) is 3.96. The van der Waals surface area contributed by atoms with E-state index < -0.39 is 0 Å².